The second-order valence-corrected chi connectivity index (χ2v) is 10.0. The summed E-state index contributed by atoms with van der Waals surface area (Å²) in [5, 5.41) is 10.1. The van der Waals surface area contributed by atoms with Crippen LogP contribution in [-0.2, 0) is 27.5 Å². The monoisotopic (exact) mass is 540 g/mol. The van der Waals surface area contributed by atoms with Crippen molar-refractivity contribution in [1.82, 2.24) is 20.0 Å². The van der Waals surface area contributed by atoms with E-state index in [9.17, 15) is 23.6 Å². The molecule has 2 aromatic carbocycles. The Hall–Kier alpha value is -3.99. The summed E-state index contributed by atoms with van der Waals surface area (Å²) < 4.78 is 15.5. The summed E-state index contributed by atoms with van der Waals surface area (Å²) in [6.07, 6.45) is 3.23. The van der Waals surface area contributed by atoms with Gasteiger partial charge in [-0.2, -0.15) is 5.10 Å². The molecule has 12 heteroatoms. The van der Waals surface area contributed by atoms with Crippen LogP contribution >= 0.6 is 11.6 Å². The van der Waals surface area contributed by atoms with E-state index in [1.165, 1.54) is 21.7 Å². The topological polar surface area (TPSA) is 139 Å². The third kappa shape index (κ3) is 5.62. The SMILES string of the molecule is NC(=O)c1nn(CC(=O)N(CC(=O)NCc2cccc(Cl)c2F)C2CC2)c2ccc(NC(=O)C3CC3)cc12. The fraction of sp³-hybridized carbons (Fsp3) is 0.346. The van der Waals surface area contributed by atoms with Crippen molar-refractivity contribution in [1.29, 1.82) is 0 Å². The Balaban J connectivity index is 1.29. The number of aromatic nitrogens is 2. The minimum absolute atomic E-state index is 0.0109. The van der Waals surface area contributed by atoms with E-state index in [0.717, 1.165) is 25.7 Å². The van der Waals surface area contributed by atoms with Gasteiger partial charge in [0.05, 0.1) is 17.1 Å². The molecule has 1 heterocycles. The average Bonchev–Trinajstić information content (AvgIpc) is 3.80. The van der Waals surface area contributed by atoms with Gasteiger partial charge < -0.3 is 21.3 Å². The van der Waals surface area contributed by atoms with Crippen LogP contribution in [0.2, 0.25) is 5.02 Å². The van der Waals surface area contributed by atoms with Crippen LogP contribution in [-0.4, -0.2) is 50.9 Å². The highest BCUT2D eigenvalue weighted by atomic mass is 35.5. The number of nitrogens with zero attached hydrogens (tertiary/aromatic N) is 3. The molecule has 38 heavy (non-hydrogen) atoms. The number of carbonyl (C=O) groups excluding carboxylic acids is 4. The Bertz CT molecular complexity index is 1450. The van der Waals surface area contributed by atoms with Gasteiger partial charge in [0.15, 0.2) is 5.69 Å². The van der Waals surface area contributed by atoms with E-state index >= 15 is 0 Å². The highest BCUT2D eigenvalue weighted by molar-refractivity contribution is 6.30. The first-order valence-corrected chi connectivity index (χ1v) is 12.7. The second kappa shape index (κ2) is 10.4. The predicted octanol–water partition coefficient (Wildman–Crippen LogP) is 2.58. The van der Waals surface area contributed by atoms with E-state index in [0.29, 0.717) is 16.6 Å². The van der Waals surface area contributed by atoms with Crippen LogP contribution in [0.15, 0.2) is 36.4 Å². The Kier molecular flexibility index (Phi) is 7.02. The maximum absolute atomic E-state index is 14.1. The standard InChI is InChI=1S/C26H26ClFN6O4/c27-19-3-1-2-15(23(19)28)11-30-21(35)12-33(17-7-8-17)22(36)13-34-20-9-6-16(31-26(38)14-4-5-14)10-18(20)24(32-34)25(29)37/h1-3,6,9-10,14,17H,4-5,7-8,11-13H2,(H2,29,37)(H,30,35)(H,31,38). The Morgan fingerprint density at radius 1 is 1.13 bits per heavy atom. The maximum Gasteiger partial charge on any atom is 0.269 e. The molecular weight excluding hydrogens is 515 g/mol. The van der Waals surface area contributed by atoms with Gasteiger partial charge in [-0.15, -0.1) is 0 Å². The van der Waals surface area contributed by atoms with Crippen molar-refractivity contribution >= 4 is 51.8 Å². The number of fused-ring (bicyclic) bond motifs is 1. The summed E-state index contributed by atoms with van der Waals surface area (Å²) in [7, 11) is 0. The third-order valence-electron chi connectivity index (χ3n) is 6.61. The number of anilines is 1. The predicted molar refractivity (Wildman–Crippen MR) is 138 cm³/mol. The molecule has 4 N–H and O–H groups in total. The third-order valence-corrected chi connectivity index (χ3v) is 6.91. The smallest absolute Gasteiger partial charge is 0.269 e. The minimum atomic E-state index is -0.765. The molecule has 0 atom stereocenters. The number of primary amides is 1. The average molecular weight is 541 g/mol. The lowest BCUT2D eigenvalue weighted by atomic mass is 10.1. The number of hydrogen-bond acceptors (Lipinski definition) is 5. The number of hydrogen-bond donors (Lipinski definition) is 3. The van der Waals surface area contributed by atoms with Crippen LogP contribution in [0, 0.1) is 11.7 Å². The van der Waals surface area contributed by atoms with Crippen molar-refractivity contribution in [2.24, 2.45) is 11.7 Å². The van der Waals surface area contributed by atoms with Gasteiger partial charge in [0, 0.05) is 35.1 Å². The fourth-order valence-electron chi connectivity index (χ4n) is 4.26. The summed E-state index contributed by atoms with van der Waals surface area (Å²) in [5.74, 6) is -2.23. The first kappa shape index (κ1) is 25.7. The molecule has 5 rings (SSSR count). The molecule has 0 bridgehead atoms. The van der Waals surface area contributed by atoms with E-state index < -0.39 is 17.6 Å². The molecule has 4 amide bonds. The Labute approximate surface area is 222 Å². The number of nitrogens with one attached hydrogen (secondary N) is 2. The van der Waals surface area contributed by atoms with E-state index in [1.807, 2.05) is 0 Å². The molecule has 2 aliphatic carbocycles. The Morgan fingerprint density at radius 2 is 1.89 bits per heavy atom. The van der Waals surface area contributed by atoms with Gasteiger partial charge in [-0.05, 0) is 49.9 Å². The summed E-state index contributed by atoms with van der Waals surface area (Å²) >= 11 is 5.79. The van der Waals surface area contributed by atoms with Gasteiger partial charge in [-0.25, -0.2) is 4.39 Å². The van der Waals surface area contributed by atoms with E-state index in [1.54, 1.807) is 24.3 Å². The zero-order valence-electron chi connectivity index (χ0n) is 20.4. The van der Waals surface area contributed by atoms with Gasteiger partial charge in [0.25, 0.3) is 5.91 Å². The molecule has 2 saturated carbocycles. The summed E-state index contributed by atoms with van der Waals surface area (Å²) in [5.41, 5.74) is 6.76. The van der Waals surface area contributed by atoms with Gasteiger partial charge in [-0.1, -0.05) is 23.7 Å². The molecule has 3 aromatic rings. The molecule has 2 fully saturated rings. The largest absolute Gasteiger partial charge is 0.364 e. The molecule has 1 aromatic heterocycles. The minimum Gasteiger partial charge on any atom is -0.364 e. The second-order valence-electron chi connectivity index (χ2n) is 9.61. The lowest BCUT2D eigenvalue weighted by Crippen LogP contribution is -2.43. The zero-order chi connectivity index (χ0) is 27.0. The van der Waals surface area contributed by atoms with E-state index in [-0.39, 0.29) is 59.7 Å². The van der Waals surface area contributed by atoms with Gasteiger partial charge in [0.2, 0.25) is 17.7 Å². The Morgan fingerprint density at radius 3 is 2.58 bits per heavy atom. The summed E-state index contributed by atoms with van der Waals surface area (Å²) in [4.78, 5) is 51.5. The highest BCUT2D eigenvalue weighted by Crippen LogP contribution is 2.31. The van der Waals surface area contributed by atoms with Crippen molar-refractivity contribution in [3.05, 3.63) is 58.5 Å². The van der Waals surface area contributed by atoms with Crippen molar-refractivity contribution in [2.45, 2.75) is 44.8 Å². The number of benzene rings is 2. The van der Waals surface area contributed by atoms with Crippen LogP contribution in [0.1, 0.15) is 41.7 Å². The molecule has 0 spiro atoms. The van der Waals surface area contributed by atoms with Crippen LogP contribution in [0.5, 0.6) is 0 Å². The van der Waals surface area contributed by atoms with E-state index in [4.69, 9.17) is 17.3 Å². The van der Waals surface area contributed by atoms with Crippen molar-refractivity contribution in [3.8, 4) is 0 Å². The van der Waals surface area contributed by atoms with Crippen LogP contribution in [0.25, 0.3) is 10.9 Å². The number of amides is 4. The highest BCUT2D eigenvalue weighted by Gasteiger charge is 2.34. The number of halogens is 2. The zero-order valence-corrected chi connectivity index (χ0v) is 21.1. The number of rotatable bonds is 10. The normalized spacial score (nSPS) is 14.8. The molecule has 0 aliphatic heterocycles. The molecule has 0 saturated heterocycles. The van der Waals surface area contributed by atoms with Crippen molar-refractivity contribution in [3.63, 3.8) is 0 Å². The van der Waals surface area contributed by atoms with Gasteiger partial charge >= 0.3 is 0 Å². The van der Waals surface area contributed by atoms with Crippen LogP contribution in [0.3, 0.4) is 0 Å². The van der Waals surface area contributed by atoms with Gasteiger partial charge in [-0.3, -0.25) is 23.9 Å². The van der Waals surface area contributed by atoms with E-state index in [2.05, 4.69) is 15.7 Å². The fourth-order valence-corrected chi connectivity index (χ4v) is 4.46. The molecule has 0 unspecified atom stereocenters. The lowest BCUT2D eigenvalue weighted by molar-refractivity contribution is -0.137. The first-order valence-electron chi connectivity index (χ1n) is 12.3. The van der Waals surface area contributed by atoms with Crippen LogP contribution < -0.4 is 16.4 Å². The molecule has 2 aliphatic rings. The maximum atomic E-state index is 14.1. The van der Waals surface area contributed by atoms with Crippen LogP contribution in [0.4, 0.5) is 10.1 Å². The number of nitrogens with two attached hydrogens (primary N) is 1. The van der Waals surface area contributed by atoms with Crippen molar-refractivity contribution in [2.75, 3.05) is 11.9 Å². The quantitative estimate of drug-likeness (QED) is 0.363. The lowest BCUT2D eigenvalue weighted by Gasteiger charge is -2.22. The summed E-state index contributed by atoms with van der Waals surface area (Å²) in [6.45, 7) is -0.488. The number of carbonyl (C=O) groups is 4. The first-order chi connectivity index (χ1) is 18.2. The molecule has 198 valence electrons. The summed E-state index contributed by atoms with van der Waals surface area (Å²) in [6, 6.07) is 9.40. The molecule has 10 nitrogen and oxygen atoms in total. The van der Waals surface area contributed by atoms with Gasteiger partial charge in [0.1, 0.15) is 12.4 Å². The van der Waals surface area contributed by atoms with Crippen molar-refractivity contribution < 1.29 is 23.6 Å². The molecular formula is C26H26ClFN6O4. The molecule has 0 radical (unpaired) electrons.